The van der Waals surface area contributed by atoms with Gasteiger partial charge in [0.05, 0.1) is 0 Å². The first-order chi connectivity index (χ1) is 6.33. The Kier molecular flexibility index (Phi) is 2.29. The van der Waals surface area contributed by atoms with Crippen LogP contribution in [-0.4, -0.2) is 11.8 Å². The molecule has 0 spiro atoms. The number of benzene rings is 1. The number of fused-ring (bicyclic) bond motifs is 1. The molecule has 2 aromatic rings. The summed E-state index contributed by atoms with van der Waals surface area (Å²) in [5, 5.41) is 12.1. The van der Waals surface area contributed by atoms with E-state index in [2.05, 4.69) is 0 Å². The summed E-state index contributed by atoms with van der Waals surface area (Å²) in [4.78, 5) is 0. The number of hydrogen-bond acceptors (Lipinski definition) is 2. The van der Waals surface area contributed by atoms with Gasteiger partial charge in [0.25, 0.3) is 0 Å². The SMILES string of the molecule is OC(CF)c1csc2ccccc12. The Morgan fingerprint density at radius 1 is 1.38 bits per heavy atom. The molecule has 1 aromatic heterocycles. The molecule has 1 N–H and O–H groups in total. The van der Waals surface area contributed by atoms with Gasteiger partial charge < -0.3 is 5.11 Å². The van der Waals surface area contributed by atoms with Crippen LogP contribution < -0.4 is 0 Å². The van der Waals surface area contributed by atoms with Crippen LogP contribution >= 0.6 is 11.3 Å². The standard InChI is InChI=1S/C10H9FOS/c11-5-9(12)8-6-13-10-4-2-1-3-7(8)10/h1-4,6,9,12H,5H2. The quantitative estimate of drug-likeness (QED) is 0.783. The van der Waals surface area contributed by atoms with Gasteiger partial charge in [-0.05, 0) is 16.8 Å². The number of aliphatic hydroxyl groups is 1. The fraction of sp³-hybridized carbons (Fsp3) is 0.200. The molecule has 0 amide bonds. The summed E-state index contributed by atoms with van der Waals surface area (Å²) in [5.74, 6) is 0. The molecule has 1 nitrogen and oxygen atoms in total. The molecule has 0 aliphatic carbocycles. The van der Waals surface area contributed by atoms with E-state index < -0.39 is 12.8 Å². The van der Waals surface area contributed by atoms with Crippen molar-refractivity contribution in [1.82, 2.24) is 0 Å². The van der Waals surface area contributed by atoms with Crippen LogP contribution in [0, 0.1) is 0 Å². The third-order valence-electron chi connectivity index (χ3n) is 2.02. The predicted molar refractivity (Wildman–Crippen MR) is 52.8 cm³/mol. The van der Waals surface area contributed by atoms with Crippen LogP contribution in [0.25, 0.3) is 10.1 Å². The lowest BCUT2D eigenvalue weighted by Crippen LogP contribution is -1.97. The van der Waals surface area contributed by atoms with Crippen LogP contribution in [-0.2, 0) is 0 Å². The zero-order valence-corrected chi connectivity index (χ0v) is 7.72. The van der Waals surface area contributed by atoms with Crippen LogP contribution in [0.1, 0.15) is 11.7 Å². The first kappa shape index (κ1) is 8.66. The zero-order valence-electron chi connectivity index (χ0n) is 6.90. The molecule has 1 aromatic carbocycles. The zero-order chi connectivity index (χ0) is 9.26. The van der Waals surface area contributed by atoms with Crippen LogP contribution in [0.15, 0.2) is 29.6 Å². The van der Waals surface area contributed by atoms with Crippen molar-refractivity contribution < 1.29 is 9.50 Å². The van der Waals surface area contributed by atoms with Crippen molar-refractivity contribution in [3.63, 3.8) is 0 Å². The monoisotopic (exact) mass is 196 g/mol. The van der Waals surface area contributed by atoms with Gasteiger partial charge in [-0.15, -0.1) is 11.3 Å². The third-order valence-corrected chi connectivity index (χ3v) is 3.00. The maximum Gasteiger partial charge on any atom is 0.120 e. The minimum absolute atomic E-state index is 0.697. The second kappa shape index (κ2) is 3.44. The number of thiophene rings is 1. The Morgan fingerprint density at radius 2 is 2.15 bits per heavy atom. The van der Waals surface area contributed by atoms with Crippen molar-refractivity contribution >= 4 is 21.4 Å². The smallest absolute Gasteiger partial charge is 0.120 e. The largest absolute Gasteiger partial charge is 0.386 e. The van der Waals surface area contributed by atoms with E-state index in [-0.39, 0.29) is 0 Å². The van der Waals surface area contributed by atoms with E-state index in [1.807, 2.05) is 29.6 Å². The highest BCUT2D eigenvalue weighted by molar-refractivity contribution is 7.17. The highest BCUT2D eigenvalue weighted by Gasteiger charge is 2.11. The maximum atomic E-state index is 12.2. The molecule has 0 fully saturated rings. The van der Waals surface area contributed by atoms with E-state index in [1.54, 1.807) is 0 Å². The minimum atomic E-state index is -0.976. The van der Waals surface area contributed by atoms with Crippen molar-refractivity contribution in [2.24, 2.45) is 0 Å². The third kappa shape index (κ3) is 1.45. The van der Waals surface area contributed by atoms with Gasteiger partial charge in [0.1, 0.15) is 12.8 Å². The second-order valence-corrected chi connectivity index (χ2v) is 3.77. The van der Waals surface area contributed by atoms with E-state index in [0.717, 1.165) is 10.1 Å². The maximum absolute atomic E-state index is 12.2. The lowest BCUT2D eigenvalue weighted by Gasteiger charge is -2.03. The van der Waals surface area contributed by atoms with Gasteiger partial charge in [0, 0.05) is 10.3 Å². The van der Waals surface area contributed by atoms with Crippen LogP contribution in [0.3, 0.4) is 0 Å². The molecule has 0 aliphatic rings. The van der Waals surface area contributed by atoms with E-state index in [4.69, 9.17) is 0 Å². The van der Waals surface area contributed by atoms with E-state index in [1.165, 1.54) is 11.3 Å². The summed E-state index contributed by atoms with van der Waals surface area (Å²) in [5.41, 5.74) is 0.697. The molecular weight excluding hydrogens is 187 g/mol. The predicted octanol–water partition coefficient (Wildman–Crippen LogP) is 2.90. The molecule has 0 saturated carbocycles. The fourth-order valence-corrected chi connectivity index (χ4v) is 2.35. The summed E-state index contributed by atoms with van der Waals surface area (Å²) in [6.45, 7) is -0.722. The van der Waals surface area contributed by atoms with Gasteiger partial charge in [-0.1, -0.05) is 18.2 Å². The van der Waals surface area contributed by atoms with Crippen molar-refractivity contribution in [2.75, 3.05) is 6.67 Å². The Bertz CT molecular complexity index is 410. The molecule has 13 heavy (non-hydrogen) atoms. The average Bonchev–Trinajstić information content (AvgIpc) is 2.60. The van der Waals surface area contributed by atoms with E-state index in [0.29, 0.717) is 5.56 Å². The first-order valence-electron chi connectivity index (χ1n) is 4.03. The normalized spacial score (nSPS) is 13.4. The molecule has 68 valence electrons. The number of aliphatic hydroxyl groups excluding tert-OH is 1. The average molecular weight is 196 g/mol. The summed E-state index contributed by atoms with van der Waals surface area (Å²) >= 11 is 1.53. The molecular formula is C10H9FOS. The van der Waals surface area contributed by atoms with Crippen LogP contribution in [0.4, 0.5) is 4.39 Å². The Labute approximate surface area is 79.4 Å². The summed E-state index contributed by atoms with van der Waals surface area (Å²) in [6.07, 6.45) is -0.976. The summed E-state index contributed by atoms with van der Waals surface area (Å²) < 4.78 is 13.3. The van der Waals surface area contributed by atoms with Gasteiger partial charge in [0.15, 0.2) is 0 Å². The summed E-state index contributed by atoms with van der Waals surface area (Å²) in [7, 11) is 0. The number of hydrogen-bond donors (Lipinski definition) is 1. The molecule has 0 bridgehead atoms. The van der Waals surface area contributed by atoms with Gasteiger partial charge in [-0.2, -0.15) is 0 Å². The van der Waals surface area contributed by atoms with Crippen LogP contribution in [0.5, 0.6) is 0 Å². The minimum Gasteiger partial charge on any atom is -0.386 e. The molecule has 0 saturated heterocycles. The topological polar surface area (TPSA) is 20.2 Å². The second-order valence-electron chi connectivity index (χ2n) is 2.86. The van der Waals surface area contributed by atoms with Crippen molar-refractivity contribution in [3.05, 3.63) is 35.2 Å². The van der Waals surface area contributed by atoms with Gasteiger partial charge in [0.2, 0.25) is 0 Å². The van der Waals surface area contributed by atoms with E-state index >= 15 is 0 Å². The molecule has 1 atom stereocenters. The van der Waals surface area contributed by atoms with E-state index in [9.17, 15) is 9.50 Å². The highest BCUT2D eigenvalue weighted by Crippen LogP contribution is 2.30. The molecule has 2 rings (SSSR count). The van der Waals surface area contributed by atoms with Crippen molar-refractivity contribution in [3.8, 4) is 0 Å². The lowest BCUT2D eigenvalue weighted by molar-refractivity contribution is 0.143. The molecule has 1 unspecified atom stereocenters. The van der Waals surface area contributed by atoms with Crippen molar-refractivity contribution in [1.29, 1.82) is 0 Å². The molecule has 3 heteroatoms. The Morgan fingerprint density at radius 3 is 2.92 bits per heavy atom. The van der Waals surface area contributed by atoms with Gasteiger partial charge in [-0.25, -0.2) is 4.39 Å². The van der Waals surface area contributed by atoms with Gasteiger partial charge >= 0.3 is 0 Å². The molecule has 1 heterocycles. The Hall–Kier alpha value is -0.930. The number of alkyl halides is 1. The Balaban J connectivity index is 2.57. The van der Waals surface area contributed by atoms with Crippen molar-refractivity contribution in [2.45, 2.75) is 6.10 Å². The fourth-order valence-electron chi connectivity index (χ4n) is 1.34. The summed E-state index contributed by atoms with van der Waals surface area (Å²) in [6, 6.07) is 7.70. The first-order valence-corrected chi connectivity index (χ1v) is 4.91. The lowest BCUT2D eigenvalue weighted by atomic mass is 10.1. The molecule has 0 aliphatic heterocycles. The number of rotatable bonds is 2. The van der Waals surface area contributed by atoms with Gasteiger partial charge in [-0.3, -0.25) is 0 Å². The highest BCUT2D eigenvalue weighted by atomic mass is 32.1. The molecule has 0 radical (unpaired) electrons. The van der Waals surface area contributed by atoms with Crippen LogP contribution in [0.2, 0.25) is 0 Å². The number of halogens is 1.